The molecule has 0 saturated heterocycles. The molecule has 96 valence electrons. The van der Waals surface area contributed by atoms with Crippen molar-refractivity contribution >= 4 is 5.91 Å². The maximum absolute atomic E-state index is 11.4. The summed E-state index contributed by atoms with van der Waals surface area (Å²) in [4.78, 5) is 11.4. The van der Waals surface area contributed by atoms with E-state index in [1.165, 1.54) is 11.1 Å². The zero-order valence-electron chi connectivity index (χ0n) is 11.7. The first-order valence-electron chi connectivity index (χ1n) is 6.43. The smallest absolute Gasteiger partial charge is 0.220 e. The van der Waals surface area contributed by atoms with E-state index >= 15 is 0 Å². The van der Waals surface area contributed by atoms with Crippen LogP contribution < -0.4 is 5.32 Å². The van der Waals surface area contributed by atoms with Gasteiger partial charge in [-0.25, -0.2) is 0 Å². The maximum Gasteiger partial charge on any atom is 0.220 e. The molecule has 1 N–H and O–H groups in total. The number of hydrogen-bond acceptors (Lipinski definition) is 1. The molecule has 1 aromatic rings. The summed E-state index contributed by atoms with van der Waals surface area (Å²) in [7, 11) is 0. The summed E-state index contributed by atoms with van der Waals surface area (Å²) in [5.74, 6) is 0.130. The number of carbonyl (C=O) groups is 1. The summed E-state index contributed by atoms with van der Waals surface area (Å²) in [6, 6.07) is 8.55. The molecule has 0 fully saturated rings. The van der Waals surface area contributed by atoms with Crippen molar-refractivity contribution in [3.8, 4) is 0 Å². The highest BCUT2D eigenvalue weighted by atomic mass is 16.1. The van der Waals surface area contributed by atoms with Gasteiger partial charge in [0.2, 0.25) is 5.91 Å². The van der Waals surface area contributed by atoms with Crippen LogP contribution in [0.3, 0.4) is 0 Å². The lowest BCUT2D eigenvalue weighted by Gasteiger charge is -2.08. The second-order valence-corrected chi connectivity index (χ2v) is 4.21. The fraction of sp³-hybridized carbons (Fsp3) is 0.533. The Morgan fingerprint density at radius 2 is 1.71 bits per heavy atom. The summed E-state index contributed by atoms with van der Waals surface area (Å²) >= 11 is 0. The van der Waals surface area contributed by atoms with E-state index in [9.17, 15) is 4.79 Å². The molecule has 0 unspecified atom stereocenters. The molecule has 0 radical (unpaired) electrons. The largest absolute Gasteiger partial charge is 0.354 e. The average Bonchev–Trinajstić information content (AvgIpc) is 2.30. The average molecular weight is 235 g/mol. The van der Waals surface area contributed by atoms with Crippen molar-refractivity contribution in [3.63, 3.8) is 0 Å². The van der Waals surface area contributed by atoms with Gasteiger partial charge in [-0.05, 0) is 32.8 Å². The van der Waals surface area contributed by atoms with Crippen LogP contribution in [0.4, 0.5) is 0 Å². The van der Waals surface area contributed by atoms with Crippen LogP contribution in [-0.2, 0) is 11.2 Å². The number of nitrogens with one attached hydrogen (secondary N) is 1. The molecule has 0 saturated carbocycles. The van der Waals surface area contributed by atoms with Gasteiger partial charge in [0.15, 0.2) is 0 Å². The van der Waals surface area contributed by atoms with Gasteiger partial charge in [-0.3, -0.25) is 4.79 Å². The molecule has 1 amide bonds. The fourth-order valence-corrected chi connectivity index (χ4v) is 1.41. The van der Waals surface area contributed by atoms with Gasteiger partial charge in [0.25, 0.3) is 0 Å². The van der Waals surface area contributed by atoms with Gasteiger partial charge in [-0.2, -0.15) is 0 Å². The number of amides is 1. The minimum Gasteiger partial charge on any atom is -0.354 e. The van der Waals surface area contributed by atoms with Crippen molar-refractivity contribution in [1.29, 1.82) is 0 Å². The molecule has 1 rings (SSSR count). The Bertz CT molecular complexity index is 314. The molecule has 0 bridgehead atoms. The van der Waals surface area contributed by atoms with Gasteiger partial charge in [0.1, 0.15) is 0 Å². The molecule has 0 aliphatic rings. The van der Waals surface area contributed by atoms with Crippen molar-refractivity contribution in [3.05, 3.63) is 35.4 Å². The van der Waals surface area contributed by atoms with Crippen molar-refractivity contribution < 1.29 is 4.79 Å². The number of aryl methyl sites for hydroxylation is 2. The quantitative estimate of drug-likeness (QED) is 0.850. The summed E-state index contributed by atoms with van der Waals surface area (Å²) in [5, 5.41) is 2.89. The Kier molecular flexibility index (Phi) is 8.12. The molecule has 0 aliphatic carbocycles. The van der Waals surface area contributed by atoms with E-state index in [1.54, 1.807) is 0 Å². The molecule has 17 heavy (non-hydrogen) atoms. The van der Waals surface area contributed by atoms with Crippen LogP contribution >= 0.6 is 0 Å². The van der Waals surface area contributed by atoms with Gasteiger partial charge in [0.05, 0.1) is 0 Å². The third-order valence-corrected chi connectivity index (χ3v) is 2.21. The lowest BCUT2D eigenvalue weighted by atomic mass is 10.1. The van der Waals surface area contributed by atoms with Crippen molar-refractivity contribution in [2.45, 2.75) is 53.5 Å². The Balaban J connectivity index is 0.00000121. The van der Waals surface area contributed by atoms with E-state index in [2.05, 4.69) is 36.5 Å². The van der Waals surface area contributed by atoms with Gasteiger partial charge in [-0.1, -0.05) is 43.7 Å². The van der Waals surface area contributed by atoms with E-state index in [0.717, 1.165) is 6.42 Å². The van der Waals surface area contributed by atoms with E-state index in [4.69, 9.17) is 0 Å². The van der Waals surface area contributed by atoms with Crippen LogP contribution in [0.5, 0.6) is 0 Å². The first-order valence-corrected chi connectivity index (χ1v) is 6.43. The highest BCUT2D eigenvalue weighted by Crippen LogP contribution is 2.05. The SMILES string of the molecule is CC.Cc1ccc(CCC(=O)NC(C)C)cc1. The molecule has 0 atom stereocenters. The highest BCUT2D eigenvalue weighted by Gasteiger charge is 2.03. The summed E-state index contributed by atoms with van der Waals surface area (Å²) < 4.78 is 0. The predicted octanol–water partition coefficient (Wildman–Crippen LogP) is 3.48. The number of benzene rings is 1. The molecule has 0 spiro atoms. The van der Waals surface area contributed by atoms with E-state index in [1.807, 2.05) is 27.7 Å². The summed E-state index contributed by atoms with van der Waals surface area (Å²) in [6.07, 6.45) is 1.39. The molecule has 2 nitrogen and oxygen atoms in total. The first kappa shape index (κ1) is 15.7. The summed E-state index contributed by atoms with van der Waals surface area (Å²) in [6.45, 7) is 10.0. The van der Waals surface area contributed by atoms with Crippen LogP contribution in [0, 0.1) is 6.92 Å². The standard InChI is InChI=1S/C13H19NO.C2H6/c1-10(2)14-13(15)9-8-12-6-4-11(3)5-7-12;1-2/h4-7,10H,8-9H2,1-3H3,(H,14,15);1-2H3. The Labute approximate surface area is 105 Å². The molecule has 0 aliphatic heterocycles. The van der Waals surface area contributed by atoms with Gasteiger partial charge in [-0.15, -0.1) is 0 Å². The minimum absolute atomic E-state index is 0.130. The third-order valence-electron chi connectivity index (χ3n) is 2.21. The lowest BCUT2D eigenvalue weighted by Crippen LogP contribution is -2.30. The van der Waals surface area contributed by atoms with Crippen LogP contribution in [0.2, 0.25) is 0 Å². The number of rotatable bonds is 4. The predicted molar refractivity (Wildman–Crippen MR) is 74.1 cm³/mol. The normalized spacial score (nSPS) is 9.53. The molecule has 0 heterocycles. The molecule has 0 aromatic heterocycles. The number of hydrogen-bond donors (Lipinski definition) is 1. The van der Waals surface area contributed by atoms with E-state index in [0.29, 0.717) is 6.42 Å². The highest BCUT2D eigenvalue weighted by molar-refractivity contribution is 5.76. The van der Waals surface area contributed by atoms with Gasteiger partial charge >= 0.3 is 0 Å². The molecule has 1 aromatic carbocycles. The van der Waals surface area contributed by atoms with Crippen LogP contribution in [0.15, 0.2) is 24.3 Å². The van der Waals surface area contributed by atoms with E-state index < -0.39 is 0 Å². The second-order valence-electron chi connectivity index (χ2n) is 4.21. The Morgan fingerprint density at radius 3 is 2.18 bits per heavy atom. The molecular formula is C15H25NO. The second kappa shape index (κ2) is 8.80. The number of carbonyl (C=O) groups excluding carboxylic acids is 1. The zero-order valence-corrected chi connectivity index (χ0v) is 11.7. The molecular weight excluding hydrogens is 210 g/mol. The van der Waals surface area contributed by atoms with E-state index in [-0.39, 0.29) is 11.9 Å². The maximum atomic E-state index is 11.4. The minimum atomic E-state index is 0.130. The first-order chi connectivity index (χ1) is 8.08. The van der Waals surface area contributed by atoms with Crippen LogP contribution in [-0.4, -0.2) is 11.9 Å². The topological polar surface area (TPSA) is 29.1 Å². The zero-order chi connectivity index (χ0) is 13.3. The fourth-order valence-electron chi connectivity index (χ4n) is 1.41. The lowest BCUT2D eigenvalue weighted by molar-refractivity contribution is -0.121. The Morgan fingerprint density at radius 1 is 1.18 bits per heavy atom. The summed E-state index contributed by atoms with van der Waals surface area (Å²) in [5.41, 5.74) is 2.48. The van der Waals surface area contributed by atoms with Crippen LogP contribution in [0.25, 0.3) is 0 Å². The van der Waals surface area contributed by atoms with Gasteiger partial charge in [0, 0.05) is 12.5 Å². The third kappa shape index (κ3) is 7.56. The monoisotopic (exact) mass is 235 g/mol. The van der Waals surface area contributed by atoms with Crippen molar-refractivity contribution in [2.75, 3.05) is 0 Å². The Hall–Kier alpha value is -1.31. The van der Waals surface area contributed by atoms with Crippen LogP contribution in [0.1, 0.15) is 45.2 Å². The van der Waals surface area contributed by atoms with Crippen molar-refractivity contribution in [1.82, 2.24) is 5.32 Å². The van der Waals surface area contributed by atoms with Crippen molar-refractivity contribution in [2.24, 2.45) is 0 Å². The molecule has 2 heteroatoms. The van der Waals surface area contributed by atoms with Gasteiger partial charge < -0.3 is 5.32 Å².